The topological polar surface area (TPSA) is 52.6 Å². The monoisotopic (exact) mass is 188 g/mol. The lowest BCUT2D eigenvalue weighted by molar-refractivity contribution is -0.131. The fourth-order valence-corrected chi connectivity index (χ4v) is 1.07. The molecule has 1 aliphatic heterocycles. The molecule has 1 aliphatic rings. The fourth-order valence-electron chi connectivity index (χ4n) is 1.07. The van der Waals surface area contributed by atoms with E-state index in [2.05, 4.69) is 5.32 Å². The SMILES string of the molecule is CC(C)(C)N1C=C(F)C(=O)NC1O. The average Bonchev–Trinajstić information content (AvgIpc) is 1.94. The van der Waals surface area contributed by atoms with Crippen molar-refractivity contribution in [3.05, 3.63) is 12.0 Å². The highest BCUT2D eigenvalue weighted by Gasteiger charge is 2.31. The number of hydrogen-bond donors (Lipinski definition) is 2. The Morgan fingerprint density at radius 1 is 1.62 bits per heavy atom. The first-order valence-electron chi connectivity index (χ1n) is 3.97. The second kappa shape index (κ2) is 2.99. The van der Waals surface area contributed by atoms with Gasteiger partial charge in [0.25, 0.3) is 5.91 Å². The third-order valence-electron chi connectivity index (χ3n) is 1.77. The summed E-state index contributed by atoms with van der Waals surface area (Å²) in [6, 6.07) is 0. The van der Waals surface area contributed by atoms with Crippen molar-refractivity contribution in [2.45, 2.75) is 32.7 Å². The van der Waals surface area contributed by atoms with Crippen molar-refractivity contribution < 1.29 is 14.3 Å². The van der Waals surface area contributed by atoms with Crippen LogP contribution in [0.3, 0.4) is 0 Å². The molecule has 0 saturated heterocycles. The van der Waals surface area contributed by atoms with E-state index >= 15 is 0 Å². The molecule has 0 spiro atoms. The molecule has 1 rings (SSSR count). The van der Waals surface area contributed by atoms with Crippen LogP contribution < -0.4 is 5.32 Å². The Morgan fingerprint density at radius 2 is 2.15 bits per heavy atom. The summed E-state index contributed by atoms with van der Waals surface area (Å²) < 4.78 is 12.8. The molecule has 4 nitrogen and oxygen atoms in total. The molecular formula is C8H13FN2O2. The molecule has 0 aliphatic carbocycles. The van der Waals surface area contributed by atoms with Gasteiger partial charge in [0.2, 0.25) is 12.2 Å². The molecule has 0 saturated carbocycles. The Hall–Kier alpha value is -1.10. The molecule has 0 bridgehead atoms. The number of carbonyl (C=O) groups excluding carboxylic acids is 1. The minimum Gasteiger partial charge on any atom is -0.356 e. The molecule has 1 heterocycles. The lowest BCUT2D eigenvalue weighted by Crippen LogP contribution is -2.56. The van der Waals surface area contributed by atoms with E-state index in [1.807, 2.05) is 0 Å². The normalized spacial score (nSPS) is 24.1. The Bertz CT molecular complexity index is 257. The van der Waals surface area contributed by atoms with Crippen LogP contribution in [0.15, 0.2) is 12.0 Å². The first kappa shape index (κ1) is 9.98. The largest absolute Gasteiger partial charge is 0.356 e. The molecular weight excluding hydrogens is 175 g/mol. The van der Waals surface area contributed by atoms with Gasteiger partial charge < -0.3 is 15.3 Å². The lowest BCUT2D eigenvalue weighted by atomic mass is 10.1. The van der Waals surface area contributed by atoms with Crippen LogP contribution in [0.25, 0.3) is 0 Å². The number of nitrogens with zero attached hydrogens (tertiary/aromatic N) is 1. The average molecular weight is 188 g/mol. The second-order valence-corrected chi connectivity index (χ2v) is 3.90. The van der Waals surface area contributed by atoms with E-state index in [1.165, 1.54) is 4.90 Å². The van der Waals surface area contributed by atoms with Gasteiger partial charge in [0, 0.05) is 11.7 Å². The van der Waals surface area contributed by atoms with Gasteiger partial charge in [-0.25, -0.2) is 0 Å². The van der Waals surface area contributed by atoms with Crippen molar-refractivity contribution in [1.29, 1.82) is 0 Å². The molecule has 0 aromatic rings. The van der Waals surface area contributed by atoms with Gasteiger partial charge in [0.1, 0.15) is 0 Å². The predicted octanol–water partition coefficient (Wildman–Crippen LogP) is 0.303. The smallest absolute Gasteiger partial charge is 0.284 e. The maximum Gasteiger partial charge on any atom is 0.284 e. The standard InChI is InChI=1S/C8H13FN2O2/c1-8(2,3)11-4-5(9)6(12)10-7(11)13/h4,7,13H,1-3H3,(H,10,12). The van der Waals surface area contributed by atoms with Crippen LogP contribution in [-0.2, 0) is 4.79 Å². The summed E-state index contributed by atoms with van der Waals surface area (Å²) in [6.07, 6.45) is -0.143. The van der Waals surface area contributed by atoms with Gasteiger partial charge in [-0.15, -0.1) is 0 Å². The Labute approximate surface area is 76.0 Å². The predicted molar refractivity (Wildman–Crippen MR) is 44.9 cm³/mol. The van der Waals surface area contributed by atoms with Crippen LogP contribution >= 0.6 is 0 Å². The highest BCUT2D eigenvalue weighted by molar-refractivity contribution is 5.91. The van der Waals surface area contributed by atoms with Crippen LogP contribution in [-0.4, -0.2) is 27.8 Å². The summed E-state index contributed by atoms with van der Waals surface area (Å²) in [6.45, 7) is 5.41. The molecule has 0 radical (unpaired) electrons. The number of halogens is 1. The number of carbonyl (C=O) groups is 1. The molecule has 2 N–H and O–H groups in total. The van der Waals surface area contributed by atoms with E-state index in [4.69, 9.17) is 0 Å². The zero-order chi connectivity index (χ0) is 10.2. The summed E-state index contributed by atoms with van der Waals surface area (Å²) in [4.78, 5) is 12.1. The molecule has 0 aromatic heterocycles. The summed E-state index contributed by atoms with van der Waals surface area (Å²) in [7, 11) is 0. The molecule has 1 amide bonds. The highest BCUT2D eigenvalue weighted by atomic mass is 19.1. The van der Waals surface area contributed by atoms with E-state index in [-0.39, 0.29) is 0 Å². The van der Waals surface area contributed by atoms with E-state index in [1.54, 1.807) is 20.8 Å². The van der Waals surface area contributed by atoms with Crippen LogP contribution in [0.2, 0.25) is 0 Å². The highest BCUT2D eigenvalue weighted by Crippen LogP contribution is 2.20. The lowest BCUT2D eigenvalue weighted by Gasteiger charge is -2.40. The summed E-state index contributed by atoms with van der Waals surface area (Å²) >= 11 is 0. The number of rotatable bonds is 0. The quantitative estimate of drug-likeness (QED) is 0.575. The van der Waals surface area contributed by atoms with Gasteiger partial charge in [-0.05, 0) is 20.8 Å². The number of aliphatic hydroxyl groups excluding tert-OH is 1. The van der Waals surface area contributed by atoms with Gasteiger partial charge in [-0.2, -0.15) is 4.39 Å². The van der Waals surface area contributed by atoms with Gasteiger partial charge in [0.05, 0.1) is 0 Å². The van der Waals surface area contributed by atoms with Crippen LogP contribution in [0.1, 0.15) is 20.8 Å². The number of aliphatic hydroxyl groups is 1. The van der Waals surface area contributed by atoms with Gasteiger partial charge in [-0.3, -0.25) is 4.79 Å². The van der Waals surface area contributed by atoms with Crippen molar-refractivity contribution in [3.63, 3.8) is 0 Å². The fraction of sp³-hybridized carbons (Fsp3) is 0.625. The Morgan fingerprint density at radius 3 is 2.62 bits per heavy atom. The van der Waals surface area contributed by atoms with E-state index in [0.29, 0.717) is 0 Å². The third kappa shape index (κ3) is 1.98. The zero-order valence-electron chi connectivity index (χ0n) is 7.84. The van der Waals surface area contributed by atoms with Crippen LogP contribution in [0.4, 0.5) is 4.39 Å². The Kier molecular flexibility index (Phi) is 2.30. The van der Waals surface area contributed by atoms with Crippen molar-refractivity contribution in [1.82, 2.24) is 10.2 Å². The number of amides is 1. The summed E-state index contributed by atoms with van der Waals surface area (Å²) in [5.74, 6) is -1.77. The molecule has 5 heteroatoms. The maximum absolute atomic E-state index is 12.8. The van der Waals surface area contributed by atoms with Crippen LogP contribution in [0.5, 0.6) is 0 Å². The maximum atomic E-state index is 12.8. The van der Waals surface area contributed by atoms with Gasteiger partial charge >= 0.3 is 0 Å². The summed E-state index contributed by atoms with van der Waals surface area (Å²) in [5.41, 5.74) is -0.440. The van der Waals surface area contributed by atoms with Gasteiger partial charge in [-0.1, -0.05) is 0 Å². The third-order valence-corrected chi connectivity index (χ3v) is 1.77. The molecule has 0 fully saturated rings. The summed E-state index contributed by atoms with van der Waals surface area (Å²) in [5, 5.41) is 11.5. The first-order valence-corrected chi connectivity index (χ1v) is 3.97. The van der Waals surface area contributed by atoms with Crippen molar-refractivity contribution >= 4 is 5.91 Å². The van der Waals surface area contributed by atoms with Crippen molar-refractivity contribution in [3.8, 4) is 0 Å². The van der Waals surface area contributed by atoms with E-state index < -0.39 is 23.6 Å². The minimum atomic E-state index is -1.16. The van der Waals surface area contributed by atoms with Crippen molar-refractivity contribution in [2.75, 3.05) is 0 Å². The number of hydrogen-bond acceptors (Lipinski definition) is 3. The minimum absolute atomic E-state index is 0.440. The van der Waals surface area contributed by atoms with E-state index in [9.17, 15) is 14.3 Å². The molecule has 13 heavy (non-hydrogen) atoms. The van der Waals surface area contributed by atoms with Crippen molar-refractivity contribution in [2.24, 2.45) is 0 Å². The van der Waals surface area contributed by atoms with E-state index in [0.717, 1.165) is 6.20 Å². The first-order chi connectivity index (χ1) is 5.82. The number of nitrogens with one attached hydrogen (secondary N) is 1. The molecule has 1 atom stereocenters. The molecule has 0 aromatic carbocycles. The molecule has 1 unspecified atom stereocenters. The Balaban J connectivity index is 2.94. The second-order valence-electron chi connectivity index (χ2n) is 3.90. The molecule has 74 valence electrons. The van der Waals surface area contributed by atoms with Crippen LogP contribution in [0, 0.1) is 0 Å². The zero-order valence-corrected chi connectivity index (χ0v) is 7.84. The van der Waals surface area contributed by atoms with Gasteiger partial charge in [0.15, 0.2) is 0 Å².